The number of nitrogens with zero attached hydrogens (tertiary/aromatic N) is 2. The van der Waals surface area contributed by atoms with Crippen molar-refractivity contribution in [1.82, 2.24) is 9.78 Å². The van der Waals surface area contributed by atoms with Crippen molar-refractivity contribution in [2.75, 3.05) is 0 Å². The number of benzene rings is 1. The molecule has 2 N–H and O–H groups in total. The van der Waals surface area contributed by atoms with Gasteiger partial charge in [-0.15, -0.1) is 0 Å². The zero-order valence-electron chi connectivity index (χ0n) is 10.7. The highest BCUT2D eigenvalue weighted by atomic mass is 15.3. The molecule has 0 saturated heterocycles. The predicted molar refractivity (Wildman–Crippen MR) is 70.7 cm³/mol. The monoisotopic (exact) mass is 229 g/mol. The van der Waals surface area contributed by atoms with Gasteiger partial charge in [0.15, 0.2) is 0 Å². The molecule has 3 nitrogen and oxygen atoms in total. The second-order valence-electron chi connectivity index (χ2n) is 4.31. The molecule has 0 aliphatic carbocycles. The van der Waals surface area contributed by atoms with Crippen LogP contribution >= 0.6 is 0 Å². The number of aryl methyl sites for hydroxylation is 2. The Morgan fingerprint density at radius 3 is 2.53 bits per heavy atom. The zero-order chi connectivity index (χ0) is 12.4. The van der Waals surface area contributed by atoms with Crippen LogP contribution in [-0.2, 0) is 13.1 Å². The SMILES string of the molecule is CCn1ncc(-c2ccc(CN)cc2C)c1C. The minimum atomic E-state index is 0.592. The lowest BCUT2D eigenvalue weighted by molar-refractivity contribution is 0.640. The molecule has 0 bridgehead atoms. The molecule has 3 heteroatoms. The number of hydrogen-bond donors (Lipinski definition) is 1. The van der Waals surface area contributed by atoms with Crippen LogP contribution in [-0.4, -0.2) is 9.78 Å². The summed E-state index contributed by atoms with van der Waals surface area (Å²) in [7, 11) is 0. The van der Waals surface area contributed by atoms with E-state index >= 15 is 0 Å². The van der Waals surface area contributed by atoms with E-state index < -0.39 is 0 Å². The molecule has 1 aromatic carbocycles. The predicted octanol–water partition coefficient (Wildman–Crippen LogP) is 2.65. The van der Waals surface area contributed by atoms with Crippen molar-refractivity contribution in [1.29, 1.82) is 0 Å². The Bertz CT molecular complexity index is 526. The largest absolute Gasteiger partial charge is 0.326 e. The fraction of sp³-hybridized carbons (Fsp3) is 0.357. The summed E-state index contributed by atoms with van der Waals surface area (Å²) >= 11 is 0. The third kappa shape index (κ3) is 2.11. The van der Waals surface area contributed by atoms with Crippen molar-refractivity contribution >= 4 is 0 Å². The summed E-state index contributed by atoms with van der Waals surface area (Å²) in [5, 5.41) is 4.39. The van der Waals surface area contributed by atoms with Crippen molar-refractivity contribution < 1.29 is 0 Å². The van der Waals surface area contributed by atoms with Gasteiger partial charge in [0.25, 0.3) is 0 Å². The van der Waals surface area contributed by atoms with Gasteiger partial charge in [-0.2, -0.15) is 5.10 Å². The topological polar surface area (TPSA) is 43.8 Å². The highest BCUT2D eigenvalue weighted by Gasteiger charge is 2.09. The smallest absolute Gasteiger partial charge is 0.0571 e. The number of aromatic nitrogens is 2. The number of rotatable bonds is 3. The van der Waals surface area contributed by atoms with Crippen molar-refractivity contribution in [2.24, 2.45) is 5.73 Å². The van der Waals surface area contributed by atoms with Gasteiger partial charge in [-0.25, -0.2) is 0 Å². The van der Waals surface area contributed by atoms with Crippen LogP contribution in [0.1, 0.15) is 23.7 Å². The third-order valence-electron chi connectivity index (χ3n) is 3.22. The lowest BCUT2D eigenvalue weighted by Crippen LogP contribution is -1.99. The Morgan fingerprint density at radius 1 is 1.24 bits per heavy atom. The van der Waals surface area contributed by atoms with Gasteiger partial charge in [-0.05, 0) is 37.5 Å². The third-order valence-corrected chi connectivity index (χ3v) is 3.22. The van der Waals surface area contributed by atoms with Crippen molar-refractivity contribution in [3.05, 3.63) is 41.2 Å². The molecule has 1 heterocycles. The van der Waals surface area contributed by atoms with Crippen LogP contribution in [0.25, 0.3) is 11.1 Å². The van der Waals surface area contributed by atoms with Gasteiger partial charge in [0.05, 0.1) is 6.20 Å². The highest BCUT2D eigenvalue weighted by molar-refractivity contribution is 5.69. The van der Waals surface area contributed by atoms with Gasteiger partial charge in [-0.1, -0.05) is 18.2 Å². The van der Waals surface area contributed by atoms with E-state index in [0.717, 1.165) is 6.54 Å². The average molecular weight is 229 g/mol. The Hall–Kier alpha value is -1.61. The van der Waals surface area contributed by atoms with Crippen LogP contribution in [0.3, 0.4) is 0 Å². The molecular formula is C14H19N3. The van der Waals surface area contributed by atoms with Crippen molar-refractivity contribution in [2.45, 2.75) is 33.9 Å². The fourth-order valence-corrected chi connectivity index (χ4v) is 2.18. The first-order chi connectivity index (χ1) is 8.17. The zero-order valence-corrected chi connectivity index (χ0v) is 10.7. The van der Waals surface area contributed by atoms with Gasteiger partial charge in [0.1, 0.15) is 0 Å². The summed E-state index contributed by atoms with van der Waals surface area (Å²) in [4.78, 5) is 0. The second kappa shape index (κ2) is 4.72. The number of nitrogens with two attached hydrogens (primary N) is 1. The Balaban J connectivity index is 2.49. The lowest BCUT2D eigenvalue weighted by atomic mass is 9.99. The maximum absolute atomic E-state index is 5.65. The summed E-state index contributed by atoms with van der Waals surface area (Å²) in [6.07, 6.45) is 1.95. The van der Waals surface area contributed by atoms with Crippen molar-refractivity contribution in [3.8, 4) is 11.1 Å². The molecule has 17 heavy (non-hydrogen) atoms. The van der Waals surface area contributed by atoms with Gasteiger partial charge in [0, 0.05) is 24.3 Å². The second-order valence-corrected chi connectivity index (χ2v) is 4.31. The summed E-state index contributed by atoms with van der Waals surface area (Å²) in [5.74, 6) is 0. The summed E-state index contributed by atoms with van der Waals surface area (Å²) in [5.41, 5.74) is 11.8. The van der Waals surface area contributed by atoms with Crippen LogP contribution in [0.5, 0.6) is 0 Å². The van der Waals surface area contributed by atoms with E-state index in [-0.39, 0.29) is 0 Å². The fourth-order valence-electron chi connectivity index (χ4n) is 2.18. The molecule has 0 atom stereocenters. The molecule has 0 radical (unpaired) electrons. The van der Waals surface area contributed by atoms with Gasteiger partial charge >= 0.3 is 0 Å². The lowest BCUT2D eigenvalue weighted by Gasteiger charge is -2.08. The Kier molecular flexibility index (Phi) is 3.29. The normalized spacial score (nSPS) is 10.8. The first-order valence-electron chi connectivity index (χ1n) is 5.99. The molecule has 0 amide bonds. The Morgan fingerprint density at radius 2 is 2.00 bits per heavy atom. The first kappa shape index (κ1) is 11.9. The summed E-state index contributed by atoms with van der Waals surface area (Å²) in [6, 6.07) is 6.38. The summed E-state index contributed by atoms with van der Waals surface area (Å²) < 4.78 is 2.02. The molecule has 0 aliphatic rings. The maximum atomic E-state index is 5.65. The van der Waals surface area contributed by atoms with E-state index in [9.17, 15) is 0 Å². The van der Waals surface area contributed by atoms with E-state index in [1.54, 1.807) is 0 Å². The molecule has 2 aromatic rings. The van der Waals surface area contributed by atoms with E-state index in [4.69, 9.17) is 5.73 Å². The van der Waals surface area contributed by atoms with Gasteiger partial charge in [-0.3, -0.25) is 4.68 Å². The first-order valence-corrected chi connectivity index (χ1v) is 5.99. The molecule has 2 rings (SSSR count). The average Bonchev–Trinajstić information content (AvgIpc) is 2.70. The van der Waals surface area contributed by atoms with Crippen molar-refractivity contribution in [3.63, 3.8) is 0 Å². The Labute approximate surface area is 102 Å². The molecule has 0 fully saturated rings. The van der Waals surface area contributed by atoms with Crippen LogP contribution < -0.4 is 5.73 Å². The molecule has 0 saturated carbocycles. The van der Waals surface area contributed by atoms with E-state index in [0.29, 0.717) is 6.54 Å². The van der Waals surface area contributed by atoms with Gasteiger partial charge < -0.3 is 5.73 Å². The molecule has 1 aromatic heterocycles. The van der Waals surface area contributed by atoms with Crippen LogP contribution in [0.4, 0.5) is 0 Å². The van der Waals surface area contributed by atoms with E-state index in [1.807, 2.05) is 10.9 Å². The highest BCUT2D eigenvalue weighted by Crippen LogP contribution is 2.27. The molecule has 0 aliphatic heterocycles. The summed E-state index contributed by atoms with van der Waals surface area (Å²) in [6.45, 7) is 7.84. The van der Waals surface area contributed by atoms with Crippen LogP contribution in [0.15, 0.2) is 24.4 Å². The van der Waals surface area contributed by atoms with Crippen LogP contribution in [0, 0.1) is 13.8 Å². The number of hydrogen-bond acceptors (Lipinski definition) is 2. The van der Waals surface area contributed by atoms with E-state index in [2.05, 4.69) is 44.1 Å². The van der Waals surface area contributed by atoms with E-state index in [1.165, 1.54) is 27.9 Å². The molecule has 0 unspecified atom stereocenters. The standard InChI is InChI=1S/C14H19N3/c1-4-17-11(3)14(9-16-17)13-6-5-12(8-15)7-10(13)2/h5-7,9H,4,8,15H2,1-3H3. The van der Waals surface area contributed by atoms with Crippen LogP contribution in [0.2, 0.25) is 0 Å². The van der Waals surface area contributed by atoms with Gasteiger partial charge in [0.2, 0.25) is 0 Å². The molecule has 0 spiro atoms. The minimum absolute atomic E-state index is 0.592. The quantitative estimate of drug-likeness (QED) is 0.879. The minimum Gasteiger partial charge on any atom is -0.326 e. The maximum Gasteiger partial charge on any atom is 0.0571 e. The molecule has 90 valence electrons. The molecular weight excluding hydrogens is 210 g/mol.